The second kappa shape index (κ2) is 8.93. The summed E-state index contributed by atoms with van der Waals surface area (Å²) in [6, 6.07) is 11.8. The molecule has 0 radical (unpaired) electrons. The van der Waals surface area contributed by atoms with Gasteiger partial charge in [-0.15, -0.1) is 11.3 Å². The molecule has 0 aliphatic carbocycles. The molecule has 0 atom stereocenters. The van der Waals surface area contributed by atoms with E-state index in [1.165, 1.54) is 27.8 Å². The van der Waals surface area contributed by atoms with Gasteiger partial charge in [-0.2, -0.15) is 9.57 Å². The number of piperazine rings is 1. The zero-order chi connectivity index (χ0) is 21.8. The molecule has 1 fully saturated rings. The van der Waals surface area contributed by atoms with Crippen LogP contribution in [-0.2, 0) is 21.2 Å². The summed E-state index contributed by atoms with van der Waals surface area (Å²) in [7, 11) is -3.78. The number of pyridine rings is 1. The molecule has 3 aromatic rings. The average Bonchev–Trinajstić information content (AvgIpc) is 3.28. The van der Waals surface area contributed by atoms with Gasteiger partial charge in [0.15, 0.2) is 0 Å². The molecule has 0 bridgehead atoms. The van der Waals surface area contributed by atoms with Gasteiger partial charge in [0, 0.05) is 49.5 Å². The van der Waals surface area contributed by atoms with E-state index < -0.39 is 10.0 Å². The summed E-state index contributed by atoms with van der Waals surface area (Å²) in [4.78, 5) is 23.0. The predicted octanol–water partition coefficient (Wildman–Crippen LogP) is 2.15. The fourth-order valence-electron chi connectivity index (χ4n) is 3.38. The highest BCUT2D eigenvalue weighted by molar-refractivity contribution is 7.89. The van der Waals surface area contributed by atoms with Crippen LogP contribution in [0.1, 0.15) is 11.3 Å². The number of amides is 1. The van der Waals surface area contributed by atoms with Crippen LogP contribution in [-0.4, -0.2) is 59.7 Å². The van der Waals surface area contributed by atoms with Gasteiger partial charge in [0.2, 0.25) is 15.9 Å². The van der Waals surface area contributed by atoms with Gasteiger partial charge in [-0.05, 0) is 24.3 Å². The summed E-state index contributed by atoms with van der Waals surface area (Å²) in [5.74, 6) is -0.0856. The quantitative estimate of drug-likeness (QED) is 0.586. The molecule has 4 rings (SSSR count). The van der Waals surface area contributed by atoms with Gasteiger partial charge in [0.25, 0.3) is 0 Å². The van der Waals surface area contributed by atoms with Gasteiger partial charge in [-0.1, -0.05) is 12.1 Å². The molecule has 0 N–H and O–H groups in total. The minimum absolute atomic E-state index is 0.00248. The predicted molar refractivity (Wildman–Crippen MR) is 116 cm³/mol. The maximum atomic E-state index is 12.9. The van der Waals surface area contributed by atoms with Gasteiger partial charge in [0.05, 0.1) is 22.6 Å². The van der Waals surface area contributed by atoms with Crippen molar-refractivity contribution in [1.82, 2.24) is 19.2 Å². The topological polar surface area (TPSA) is 107 Å². The Hall–Kier alpha value is -3.13. The number of carbonyl (C=O) groups excluding carboxylic acids is 1. The number of aromatic nitrogens is 2. The van der Waals surface area contributed by atoms with Crippen molar-refractivity contribution >= 4 is 27.3 Å². The van der Waals surface area contributed by atoms with E-state index in [0.29, 0.717) is 18.8 Å². The highest BCUT2D eigenvalue weighted by Crippen LogP contribution is 2.24. The maximum Gasteiger partial charge on any atom is 0.244 e. The average molecular weight is 454 g/mol. The number of rotatable bonds is 5. The van der Waals surface area contributed by atoms with Crippen LogP contribution in [0.15, 0.2) is 59.1 Å². The van der Waals surface area contributed by atoms with Gasteiger partial charge in [0.1, 0.15) is 11.1 Å². The van der Waals surface area contributed by atoms with Crippen molar-refractivity contribution in [2.24, 2.45) is 0 Å². The first-order valence-corrected chi connectivity index (χ1v) is 11.9. The summed E-state index contributed by atoms with van der Waals surface area (Å²) < 4.78 is 27.2. The zero-order valence-electron chi connectivity index (χ0n) is 16.5. The number of thiazole rings is 1. The largest absolute Gasteiger partial charge is 0.340 e. The highest BCUT2D eigenvalue weighted by atomic mass is 32.2. The van der Waals surface area contributed by atoms with Crippen molar-refractivity contribution in [1.29, 1.82) is 5.26 Å². The van der Waals surface area contributed by atoms with Gasteiger partial charge >= 0.3 is 0 Å². The maximum absolute atomic E-state index is 12.9. The van der Waals surface area contributed by atoms with Crippen LogP contribution in [0.2, 0.25) is 0 Å². The van der Waals surface area contributed by atoms with Crippen LogP contribution < -0.4 is 0 Å². The van der Waals surface area contributed by atoms with Crippen LogP contribution in [0.25, 0.3) is 10.6 Å². The van der Waals surface area contributed by atoms with Crippen molar-refractivity contribution in [2.75, 3.05) is 26.2 Å². The van der Waals surface area contributed by atoms with Crippen LogP contribution >= 0.6 is 11.3 Å². The summed E-state index contributed by atoms with van der Waals surface area (Å²) in [5, 5.41) is 11.9. The van der Waals surface area contributed by atoms with Gasteiger partial charge in [-0.25, -0.2) is 13.4 Å². The second-order valence-corrected chi connectivity index (χ2v) is 9.72. The number of nitriles is 1. The van der Waals surface area contributed by atoms with Crippen molar-refractivity contribution in [2.45, 2.75) is 11.3 Å². The van der Waals surface area contributed by atoms with E-state index in [9.17, 15) is 18.5 Å². The van der Waals surface area contributed by atoms with Crippen molar-refractivity contribution in [3.05, 3.63) is 65.4 Å². The molecule has 2 aromatic heterocycles. The lowest BCUT2D eigenvalue weighted by atomic mass is 10.2. The highest BCUT2D eigenvalue weighted by Gasteiger charge is 2.31. The second-order valence-electron chi connectivity index (χ2n) is 6.96. The number of benzene rings is 1. The third kappa shape index (κ3) is 4.49. The molecular weight excluding hydrogens is 434 g/mol. The first-order chi connectivity index (χ1) is 15.0. The minimum Gasteiger partial charge on any atom is -0.340 e. The van der Waals surface area contributed by atoms with Crippen LogP contribution in [0, 0.1) is 11.3 Å². The zero-order valence-corrected chi connectivity index (χ0v) is 18.1. The Balaban J connectivity index is 1.38. The van der Waals surface area contributed by atoms with E-state index in [-0.39, 0.29) is 35.9 Å². The van der Waals surface area contributed by atoms with E-state index in [0.717, 1.165) is 10.6 Å². The Morgan fingerprint density at radius 3 is 2.61 bits per heavy atom. The molecule has 1 saturated heterocycles. The summed E-state index contributed by atoms with van der Waals surface area (Å²) in [6.45, 7) is 0.969. The molecule has 0 spiro atoms. The lowest BCUT2D eigenvalue weighted by molar-refractivity contribution is -0.131. The van der Waals surface area contributed by atoms with E-state index in [1.54, 1.807) is 29.4 Å². The van der Waals surface area contributed by atoms with Crippen molar-refractivity contribution in [3.63, 3.8) is 0 Å². The number of carbonyl (C=O) groups is 1. The Bertz CT molecular complexity index is 1230. The molecule has 31 heavy (non-hydrogen) atoms. The lowest BCUT2D eigenvalue weighted by Crippen LogP contribution is -2.51. The van der Waals surface area contributed by atoms with E-state index in [4.69, 9.17) is 0 Å². The molecule has 0 unspecified atom stereocenters. The molecule has 0 saturated carbocycles. The number of sulfonamides is 1. The van der Waals surface area contributed by atoms with Crippen LogP contribution in [0.4, 0.5) is 0 Å². The fraction of sp³-hybridized carbons (Fsp3) is 0.238. The van der Waals surface area contributed by atoms with Gasteiger partial charge < -0.3 is 4.90 Å². The third-order valence-electron chi connectivity index (χ3n) is 5.01. The SMILES string of the molecule is N#Cc1ccccc1S(=O)(=O)N1CCN(C(=O)Cc2csc(-c3cccnc3)n2)CC1. The molecule has 1 aliphatic rings. The minimum atomic E-state index is -3.78. The number of nitrogens with zero attached hydrogens (tertiary/aromatic N) is 5. The molecule has 158 valence electrons. The van der Waals surface area contributed by atoms with E-state index in [1.807, 2.05) is 23.6 Å². The Kier molecular flexibility index (Phi) is 6.08. The molecular formula is C21H19N5O3S2. The molecule has 1 aliphatic heterocycles. The monoisotopic (exact) mass is 453 g/mol. The number of hydrogen-bond acceptors (Lipinski definition) is 7. The fourth-order valence-corrected chi connectivity index (χ4v) is 5.75. The standard InChI is InChI=1S/C21H19N5O3S2/c22-13-16-4-1-2-6-19(16)31(28,29)26-10-8-25(9-11-26)20(27)12-18-15-30-21(24-18)17-5-3-7-23-14-17/h1-7,14-15H,8-12H2. The first-order valence-electron chi connectivity index (χ1n) is 9.61. The molecule has 1 amide bonds. The van der Waals surface area contributed by atoms with E-state index in [2.05, 4.69) is 9.97 Å². The summed E-state index contributed by atoms with van der Waals surface area (Å²) >= 11 is 1.46. The van der Waals surface area contributed by atoms with Crippen LogP contribution in [0.5, 0.6) is 0 Å². The molecule has 8 nitrogen and oxygen atoms in total. The lowest BCUT2D eigenvalue weighted by Gasteiger charge is -2.34. The van der Waals surface area contributed by atoms with E-state index >= 15 is 0 Å². The Morgan fingerprint density at radius 1 is 1.13 bits per heavy atom. The molecule has 10 heteroatoms. The Morgan fingerprint density at radius 2 is 1.90 bits per heavy atom. The smallest absolute Gasteiger partial charge is 0.244 e. The first kappa shape index (κ1) is 21.1. The summed E-state index contributed by atoms with van der Waals surface area (Å²) in [6.07, 6.45) is 3.59. The van der Waals surface area contributed by atoms with Crippen molar-refractivity contribution in [3.8, 4) is 16.6 Å². The third-order valence-corrected chi connectivity index (χ3v) is 7.91. The molecule has 1 aromatic carbocycles. The summed E-state index contributed by atoms with van der Waals surface area (Å²) in [5.41, 5.74) is 1.71. The van der Waals surface area contributed by atoms with Crippen molar-refractivity contribution < 1.29 is 13.2 Å². The Labute approximate surface area is 184 Å². The normalized spacial score (nSPS) is 14.9. The number of hydrogen-bond donors (Lipinski definition) is 0. The van der Waals surface area contributed by atoms with Gasteiger partial charge in [-0.3, -0.25) is 9.78 Å². The molecule has 3 heterocycles. The van der Waals surface area contributed by atoms with Crippen LogP contribution in [0.3, 0.4) is 0 Å².